The van der Waals surface area contributed by atoms with Gasteiger partial charge in [-0.1, -0.05) is 0 Å². The minimum absolute atomic E-state index is 0.149. The van der Waals surface area contributed by atoms with Gasteiger partial charge in [-0.05, 0) is 31.4 Å². The molecule has 5 nitrogen and oxygen atoms in total. The molecule has 3 rings (SSSR count). The quantitative estimate of drug-likeness (QED) is 0.789. The molecule has 0 bridgehead atoms. The van der Waals surface area contributed by atoms with Crippen molar-refractivity contribution in [1.29, 1.82) is 0 Å². The number of H-pyrrole nitrogens is 1. The van der Waals surface area contributed by atoms with E-state index in [4.69, 9.17) is 4.74 Å². The predicted octanol–water partition coefficient (Wildman–Crippen LogP) is 1.73. The fourth-order valence-electron chi connectivity index (χ4n) is 2.33. The maximum Gasteiger partial charge on any atom is 0.328 e. The Morgan fingerprint density at radius 3 is 3.06 bits per heavy atom. The molecule has 0 amide bonds. The molecule has 1 saturated heterocycles. The highest BCUT2D eigenvalue weighted by Gasteiger charge is 2.20. The van der Waals surface area contributed by atoms with E-state index in [0.29, 0.717) is 12.1 Å². The summed E-state index contributed by atoms with van der Waals surface area (Å²) >= 11 is 0. The van der Waals surface area contributed by atoms with Gasteiger partial charge in [-0.15, -0.1) is 0 Å². The first-order valence-corrected chi connectivity index (χ1v) is 5.80. The van der Waals surface area contributed by atoms with Crippen molar-refractivity contribution in [3.05, 3.63) is 28.7 Å². The van der Waals surface area contributed by atoms with Crippen molar-refractivity contribution >= 4 is 11.0 Å². The monoisotopic (exact) mass is 234 g/mol. The van der Waals surface area contributed by atoms with Gasteiger partial charge in [0.2, 0.25) is 0 Å². The van der Waals surface area contributed by atoms with Crippen molar-refractivity contribution < 1.29 is 9.84 Å². The van der Waals surface area contributed by atoms with Crippen LogP contribution in [0.2, 0.25) is 0 Å². The van der Waals surface area contributed by atoms with E-state index < -0.39 is 0 Å². The number of aromatic hydroxyl groups is 1. The summed E-state index contributed by atoms with van der Waals surface area (Å²) in [6.45, 7) is 0.696. The summed E-state index contributed by atoms with van der Waals surface area (Å²) in [5.74, 6) is 0.149. The first-order chi connectivity index (χ1) is 8.25. The summed E-state index contributed by atoms with van der Waals surface area (Å²) in [6, 6.07) is 4.87. The maximum atomic E-state index is 11.9. The van der Waals surface area contributed by atoms with Crippen LogP contribution < -0.4 is 5.69 Å². The molecule has 1 aliphatic rings. The summed E-state index contributed by atoms with van der Waals surface area (Å²) in [5.41, 5.74) is 1.24. The van der Waals surface area contributed by atoms with Gasteiger partial charge >= 0.3 is 5.69 Å². The Kier molecular flexibility index (Phi) is 2.40. The van der Waals surface area contributed by atoms with E-state index in [1.165, 1.54) is 0 Å². The highest BCUT2D eigenvalue weighted by Crippen LogP contribution is 2.25. The lowest BCUT2D eigenvalue weighted by molar-refractivity contribution is -0.0313. The lowest BCUT2D eigenvalue weighted by Gasteiger charge is -2.23. The van der Waals surface area contributed by atoms with Gasteiger partial charge in [0.25, 0.3) is 0 Å². The van der Waals surface area contributed by atoms with E-state index in [1.807, 2.05) is 0 Å². The maximum absolute atomic E-state index is 11.9. The van der Waals surface area contributed by atoms with Crippen molar-refractivity contribution in [2.75, 3.05) is 6.61 Å². The van der Waals surface area contributed by atoms with E-state index in [2.05, 4.69) is 4.98 Å². The molecule has 0 radical (unpaired) electrons. The molecule has 1 unspecified atom stereocenters. The van der Waals surface area contributed by atoms with Crippen LogP contribution in [0.1, 0.15) is 25.5 Å². The lowest BCUT2D eigenvalue weighted by atomic mass is 10.2. The molecule has 5 heteroatoms. The first kappa shape index (κ1) is 10.4. The highest BCUT2D eigenvalue weighted by atomic mass is 16.5. The number of hydrogen-bond acceptors (Lipinski definition) is 3. The number of aromatic nitrogens is 2. The van der Waals surface area contributed by atoms with Crippen LogP contribution in [0.5, 0.6) is 5.75 Å². The van der Waals surface area contributed by atoms with Gasteiger partial charge in [0.15, 0.2) is 0 Å². The third-order valence-corrected chi connectivity index (χ3v) is 3.14. The standard InChI is InChI=1S/C12H14N2O3/c15-8-4-5-10-9(7-8)13-12(16)14(10)11-3-1-2-6-17-11/h4-5,7,11,15H,1-3,6H2,(H,13,16). The van der Waals surface area contributed by atoms with Crippen LogP contribution in [-0.4, -0.2) is 21.3 Å². The Morgan fingerprint density at radius 1 is 1.41 bits per heavy atom. The molecule has 1 aliphatic heterocycles. The molecule has 2 aromatic rings. The zero-order valence-electron chi connectivity index (χ0n) is 9.35. The van der Waals surface area contributed by atoms with Crippen LogP contribution in [-0.2, 0) is 4.74 Å². The molecular weight excluding hydrogens is 220 g/mol. The molecule has 1 aromatic heterocycles. The molecule has 0 spiro atoms. The molecule has 1 atom stereocenters. The summed E-state index contributed by atoms with van der Waals surface area (Å²) in [5, 5.41) is 9.38. The number of phenols is 1. The number of nitrogens with zero attached hydrogens (tertiary/aromatic N) is 1. The molecule has 90 valence electrons. The number of hydrogen-bond donors (Lipinski definition) is 2. The average Bonchev–Trinajstić information content (AvgIpc) is 2.65. The zero-order valence-corrected chi connectivity index (χ0v) is 9.35. The lowest BCUT2D eigenvalue weighted by Crippen LogP contribution is -2.26. The van der Waals surface area contributed by atoms with Crippen molar-refractivity contribution in [2.24, 2.45) is 0 Å². The van der Waals surface area contributed by atoms with Crippen LogP contribution >= 0.6 is 0 Å². The van der Waals surface area contributed by atoms with Crippen LogP contribution in [0.4, 0.5) is 0 Å². The molecule has 2 N–H and O–H groups in total. The van der Waals surface area contributed by atoms with Gasteiger partial charge in [-0.25, -0.2) is 4.79 Å². The van der Waals surface area contributed by atoms with Gasteiger partial charge in [0, 0.05) is 12.7 Å². The largest absolute Gasteiger partial charge is 0.508 e. The van der Waals surface area contributed by atoms with E-state index in [0.717, 1.165) is 24.8 Å². The van der Waals surface area contributed by atoms with Crippen LogP contribution in [0, 0.1) is 0 Å². The fourth-order valence-corrected chi connectivity index (χ4v) is 2.33. The van der Waals surface area contributed by atoms with Crippen LogP contribution in [0.15, 0.2) is 23.0 Å². The SMILES string of the molecule is O=c1[nH]c2cc(O)ccc2n1C1CCCCO1. The Labute approximate surface area is 97.6 Å². The third-order valence-electron chi connectivity index (χ3n) is 3.14. The van der Waals surface area contributed by atoms with Crippen molar-refractivity contribution in [3.63, 3.8) is 0 Å². The zero-order chi connectivity index (χ0) is 11.8. The molecule has 1 aromatic carbocycles. The normalized spacial score (nSPS) is 20.8. The van der Waals surface area contributed by atoms with Crippen molar-refractivity contribution in [1.82, 2.24) is 9.55 Å². The van der Waals surface area contributed by atoms with Crippen molar-refractivity contribution in [3.8, 4) is 5.75 Å². The minimum Gasteiger partial charge on any atom is -0.508 e. The second-order valence-corrected chi connectivity index (χ2v) is 4.32. The predicted molar refractivity (Wildman–Crippen MR) is 63.1 cm³/mol. The highest BCUT2D eigenvalue weighted by molar-refractivity contribution is 5.76. The number of benzene rings is 1. The van der Waals surface area contributed by atoms with Crippen molar-refractivity contribution in [2.45, 2.75) is 25.5 Å². The minimum atomic E-state index is -0.186. The Balaban J connectivity index is 2.14. The second kappa shape index (κ2) is 3.92. The van der Waals surface area contributed by atoms with E-state index in [1.54, 1.807) is 22.8 Å². The number of phenolic OH excluding ortho intramolecular Hbond substituents is 1. The van der Waals surface area contributed by atoms with Crippen LogP contribution in [0.25, 0.3) is 11.0 Å². The molecule has 0 aliphatic carbocycles. The summed E-state index contributed by atoms with van der Waals surface area (Å²) in [6.07, 6.45) is 2.79. The van der Waals surface area contributed by atoms with Gasteiger partial charge in [0.1, 0.15) is 12.0 Å². The molecule has 2 heterocycles. The number of aromatic amines is 1. The Hall–Kier alpha value is -1.75. The Bertz CT molecular complexity index is 593. The first-order valence-electron chi connectivity index (χ1n) is 5.80. The second-order valence-electron chi connectivity index (χ2n) is 4.32. The average molecular weight is 234 g/mol. The molecular formula is C12H14N2O3. The van der Waals surface area contributed by atoms with E-state index in [-0.39, 0.29) is 17.7 Å². The summed E-state index contributed by atoms with van der Waals surface area (Å²) < 4.78 is 7.25. The van der Waals surface area contributed by atoms with Gasteiger partial charge < -0.3 is 14.8 Å². The number of nitrogens with one attached hydrogen (secondary N) is 1. The molecule has 0 saturated carbocycles. The van der Waals surface area contributed by atoms with Gasteiger partial charge in [0.05, 0.1) is 11.0 Å². The summed E-state index contributed by atoms with van der Waals surface area (Å²) in [4.78, 5) is 14.6. The third kappa shape index (κ3) is 1.72. The van der Waals surface area contributed by atoms with Gasteiger partial charge in [-0.2, -0.15) is 0 Å². The summed E-state index contributed by atoms with van der Waals surface area (Å²) in [7, 11) is 0. The number of fused-ring (bicyclic) bond motifs is 1. The van der Waals surface area contributed by atoms with Crippen LogP contribution in [0.3, 0.4) is 0 Å². The molecule has 17 heavy (non-hydrogen) atoms. The number of imidazole rings is 1. The smallest absolute Gasteiger partial charge is 0.328 e. The van der Waals surface area contributed by atoms with E-state index in [9.17, 15) is 9.90 Å². The number of ether oxygens (including phenoxy) is 1. The topological polar surface area (TPSA) is 67.2 Å². The fraction of sp³-hybridized carbons (Fsp3) is 0.417. The van der Waals surface area contributed by atoms with E-state index >= 15 is 0 Å². The Morgan fingerprint density at radius 2 is 2.29 bits per heavy atom. The number of rotatable bonds is 1. The van der Waals surface area contributed by atoms with Gasteiger partial charge in [-0.3, -0.25) is 4.57 Å². The molecule has 1 fully saturated rings.